The molecule has 30 heavy (non-hydrogen) atoms. The van der Waals surface area contributed by atoms with Crippen LogP contribution < -0.4 is 5.32 Å². The fourth-order valence-electron chi connectivity index (χ4n) is 4.47. The third kappa shape index (κ3) is 3.57. The molecule has 1 amide bonds. The number of aromatic nitrogens is 4. The molecule has 1 saturated carbocycles. The Morgan fingerprint density at radius 3 is 3.00 bits per heavy atom. The minimum absolute atomic E-state index is 0.130. The van der Waals surface area contributed by atoms with Gasteiger partial charge in [0.2, 0.25) is 0 Å². The van der Waals surface area contributed by atoms with E-state index in [4.69, 9.17) is 4.74 Å². The molecule has 0 saturated heterocycles. The third-order valence-corrected chi connectivity index (χ3v) is 6.83. The number of thiophene rings is 1. The lowest BCUT2D eigenvalue weighted by atomic mass is 9.93. The zero-order chi connectivity index (χ0) is 20.5. The van der Waals surface area contributed by atoms with E-state index < -0.39 is 0 Å². The molecule has 3 aromatic rings. The second-order valence-corrected chi connectivity index (χ2v) is 8.77. The minimum atomic E-state index is -0.130. The molecule has 0 aliphatic heterocycles. The number of fused-ring (bicyclic) bond motifs is 2. The number of ether oxygens (including phenoxy) is 1. The van der Waals surface area contributed by atoms with Gasteiger partial charge in [0.15, 0.2) is 0 Å². The Hall–Kier alpha value is -2.84. The Morgan fingerprint density at radius 1 is 1.33 bits per heavy atom. The van der Waals surface area contributed by atoms with Crippen LogP contribution in [0.1, 0.15) is 28.9 Å². The molecule has 1 fully saturated rings. The van der Waals surface area contributed by atoms with Crippen molar-refractivity contribution in [1.82, 2.24) is 25.1 Å². The van der Waals surface area contributed by atoms with Gasteiger partial charge in [0, 0.05) is 19.9 Å². The van der Waals surface area contributed by atoms with E-state index in [9.17, 15) is 4.79 Å². The minimum Gasteiger partial charge on any atom is -0.378 e. The first-order valence-corrected chi connectivity index (χ1v) is 11.0. The van der Waals surface area contributed by atoms with Gasteiger partial charge >= 0.3 is 0 Å². The summed E-state index contributed by atoms with van der Waals surface area (Å²) < 4.78 is 6.95. The fraction of sp³-hybridized carbons (Fsp3) is 0.364. The van der Waals surface area contributed by atoms with Crippen molar-refractivity contribution in [1.29, 1.82) is 0 Å². The molecule has 0 radical (unpaired) electrons. The molecule has 0 spiro atoms. The van der Waals surface area contributed by atoms with E-state index in [0.717, 1.165) is 17.0 Å². The topological polar surface area (TPSA) is 81.9 Å². The largest absolute Gasteiger partial charge is 0.378 e. The number of nitrogens with one attached hydrogen (secondary N) is 1. The summed E-state index contributed by atoms with van der Waals surface area (Å²) in [6, 6.07) is 5.87. The molecule has 0 unspecified atom stereocenters. The predicted octanol–water partition coefficient (Wildman–Crippen LogP) is 3.48. The number of amides is 1. The monoisotopic (exact) mass is 421 g/mol. The number of rotatable bonds is 7. The number of carbonyl (C=O) groups is 1. The van der Waals surface area contributed by atoms with Gasteiger partial charge in [-0.25, -0.2) is 9.97 Å². The van der Waals surface area contributed by atoms with Gasteiger partial charge in [-0.3, -0.25) is 4.79 Å². The van der Waals surface area contributed by atoms with Crippen molar-refractivity contribution in [2.45, 2.75) is 19.4 Å². The van der Waals surface area contributed by atoms with Gasteiger partial charge in [-0.1, -0.05) is 18.2 Å². The quantitative estimate of drug-likeness (QED) is 0.591. The lowest BCUT2D eigenvalue weighted by Gasteiger charge is -2.18. The van der Waals surface area contributed by atoms with E-state index in [0.29, 0.717) is 41.5 Å². The first-order chi connectivity index (χ1) is 14.7. The van der Waals surface area contributed by atoms with Crippen molar-refractivity contribution in [3.05, 3.63) is 59.4 Å². The standard InChI is InChI=1S/C22H23N5O2S/c1-29-13-19-17(21(28)24-11-16-10-14-4-5-15(16)9-14)12-25-27(19)22-23-7-6-18(26-22)20-3-2-8-30-20/h2-8,12,14-16H,9-11,13H2,1H3,(H,24,28)/t14-,15+,16-/m1/s1. The second kappa shape index (κ2) is 8.12. The zero-order valence-corrected chi connectivity index (χ0v) is 17.5. The van der Waals surface area contributed by atoms with Crippen LogP contribution in [0.2, 0.25) is 0 Å². The Bertz CT molecular complexity index is 1080. The first kappa shape index (κ1) is 19.1. The van der Waals surface area contributed by atoms with Crippen LogP contribution in [0.25, 0.3) is 16.5 Å². The average molecular weight is 422 g/mol. The molecular formula is C22H23N5O2S. The van der Waals surface area contributed by atoms with Crippen LogP contribution in [0.15, 0.2) is 48.1 Å². The number of carbonyl (C=O) groups excluding carboxylic acids is 1. The molecule has 8 heteroatoms. The van der Waals surface area contributed by atoms with Gasteiger partial charge in [0.1, 0.15) is 0 Å². The van der Waals surface area contributed by atoms with Gasteiger partial charge in [-0.2, -0.15) is 9.78 Å². The van der Waals surface area contributed by atoms with Crippen molar-refractivity contribution in [3.8, 4) is 16.5 Å². The number of nitrogens with zero attached hydrogens (tertiary/aromatic N) is 4. The zero-order valence-electron chi connectivity index (χ0n) is 16.7. The highest BCUT2D eigenvalue weighted by molar-refractivity contribution is 7.13. The van der Waals surface area contributed by atoms with E-state index in [1.54, 1.807) is 35.5 Å². The highest BCUT2D eigenvalue weighted by Gasteiger charge is 2.35. The van der Waals surface area contributed by atoms with Gasteiger partial charge < -0.3 is 10.1 Å². The molecule has 1 N–H and O–H groups in total. The summed E-state index contributed by atoms with van der Waals surface area (Å²) in [6.45, 7) is 0.929. The molecule has 7 nitrogen and oxygen atoms in total. The number of hydrogen-bond acceptors (Lipinski definition) is 6. The number of allylic oxidation sites excluding steroid dienone is 2. The van der Waals surface area contributed by atoms with Crippen LogP contribution in [0.5, 0.6) is 0 Å². The molecule has 2 bridgehead atoms. The highest BCUT2D eigenvalue weighted by Crippen LogP contribution is 2.43. The Morgan fingerprint density at radius 2 is 2.27 bits per heavy atom. The maximum atomic E-state index is 12.9. The Kier molecular flexibility index (Phi) is 5.18. The summed E-state index contributed by atoms with van der Waals surface area (Å²) in [5.74, 6) is 2.11. The average Bonchev–Trinajstić information content (AvgIpc) is 3.57. The summed E-state index contributed by atoms with van der Waals surface area (Å²) in [5, 5.41) is 9.52. The summed E-state index contributed by atoms with van der Waals surface area (Å²) in [7, 11) is 1.60. The van der Waals surface area contributed by atoms with Crippen molar-refractivity contribution in [3.63, 3.8) is 0 Å². The molecule has 2 aliphatic rings. The summed E-state index contributed by atoms with van der Waals surface area (Å²) in [6.07, 6.45) is 10.3. The van der Waals surface area contributed by atoms with Crippen LogP contribution in [-0.2, 0) is 11.3 Å². The van der Waals surface area contributed by atoms with Crippen molar-refractivity contribution in [2.24, 2.45) is 17.8 Å². The number of hydrogen-bond donors (Lipinski definition) is 1. The third-order valence-electron chi connectivity index (χ3n) is 5.94. The normalized spacial score (nSPS) is 22.0. The molecule has 0 aromatic carbocycles. The molecular weight excluding hydrogens is 398 g/mol. The highest BCUT2D eigenvalue weighted by atomic mass is 32.1. The maximum Gasteiger partial charge on any atom is 0.254 e. The van der Waals surface area contributed by atoms with E-state index in [1.807, 2.05) is 23.6 Å². The van der Waals surface area contributed by atoms with Crippen LogP contribution in [0.4, 0.5) is 0 Å². The molecule has 3 aromatic heterocycles. The van der Waals surface area contributed by atoms with E-state index in [1.165, 1.54) is 6.42 Å². The Balaban J connectivity index is 1.37. The summed E-state index contributed by atoms with van der Waals surface area (Å²) in [5.41, 5.74) is 1.97. The van der Waals surface area contributed by atoms with E-state index >= 15 is 0 Å². The first-order valence-electron chi connectivity index (χ1n) is 10.1. The van der Waals surface area contributed by atoms with Crippen LogP contribution in [0, 0.1) is 17.8 Å². The maximum absolute atomic E-state index is 12.9. The van der Waals surface area contributed by atoms with E-state index in [2.05, 4.69) is 32.5 Å². The smallest absolute Gasteiger partial charge is 0.254 e. The molecule has 3 atom stereocenters. The van der Waals surface area contributed by atoms with Gasteiger partial charge in [0.25, 0.3) is 11.9 Å². The lowest BCUT2D eigenvalue weighted by Crippen LogP contribution is -2.31. The van der Waals surface area contributed by atoms with E-state index in [-0.39, 0.29) is 12.5 Å². The number of methoxy groups -OCH3 is 1. The summed E-state index contributed by atoms with van der Waals surface area (Å²) in [4.78, 5) is 23.0. The van der Waals surface area contributed by atoms with Crippen LogP contribution in [-0.4, -0.2) is 39.3 Å². The fourth-order valence-corrected chi connectivity index (χ4v) is 5.17. The molecule has 2 aliphatic carbocycles. The Labute approximate surface area is 178 Å². The van der Waals surface area contributed by atoms with Gasteiger partial charge in [-0.05, 0) is 48.1 Å². The van der Waals surface area contributed by atoms with Crippen LogP contribution >= 0.6 is 11.3 Å². The van der Waals surface area contributed by atoms with Gasteiger partial charge in [-0.15, -0.1) is 11.3 Å². The van der Waals surface area contributed by atoms with Crippen molar-refractivity contribution >= 4 is 17.2 Å². The molecule has 154 valence electrons. The predicted molar refractivity (Wildman–Crippen MR) is 114 cm³/mol. The summed E-state index contributed by atoms with van der Waals surface area (Å²) >= 11 is 1.61. The van der Waals surface area contributed by atoms with Crippen molar-refractivity contribution < 1.29 is 9.53 Å². The molecule has 5 rings (SSSR count). The lowest BCUT2D eigenvalue weighted by molar-refractivity contribution is 0.0939. The van der Waals surface area contributed by atoms with Gasteiger partial charge in [0.05, 0.1) is 34.6 Å². The molecule has 3 heterocycles. The van der Waals surface area contributed by atoms with Crippen LogP contribution in [0.3, 0.4) is 0 Å². The van der Waals surface area contributed by atoms with Crippen molar-refractivity contribution in [2.75, 3.05) is 13.7 Å². The SMILES string of the molecule is COCc1c(C(=O)NC[C@H]2C[C@@H]3C=C[C@H]2C3)cnn1-c1nccc(-c2cccs2)n1. The second-order valence-electron chi connectivity index (χ2n) is 7.82.